The van der Waals surface area contributed by atoms with Crippen LogP contribution in [0.1, 0.15) is 131 Å². The maximum atomic E-state index is 13.6. The average Bonchev–Trinajstić information content (AvgIpc) is 1.42. The van der Waals surface area contributed by atoms with Crippen LogP contribution >= 0.6 is 81.2 Å². The third-order valence-electron chi connectivity index (χ3n) is 19.4. The van der Waals surface area contributed by atoms with Gasteiger partial charge in [0.05, 0.1) is 33.7 Å². The molecule has 10 N–H and O–H groups in total. The standard InChI is InChI=1S/C30H33F3N4O2.C29H33Cl3N4O2.C25H30Cl4N4O2/c31-30(32,33)24-13-7-12-23(18-24)28(38)35-19-25-15-17-37(29(39)27(36-25)14-16-34)20-26(21-8-3-1-4-9-21)22-10-5-2-6-11-22;1-18(2)33-9-7-27-29(38)36(17-19-11-24(31)15-25(32)12-19)10-8-26(35-27)16-34-28(37)22-4-3-21-14-23(30)6-5-20(21)13-22;1-15(2)30-7-5-23-25(35)33(14-16-9-18(26)12-19(27)10-16)8-6-20(32-23)13-31-24(34)17-3-4-21(28)22(29)11-17/h1-13,18,25-27,36H,14-17,19-20,34H2,(H,35,38);3-6,11-15,18,26-27,33,35H,7-10,16-17H2,1-2H3,(H,34,37);3-4,9-12,15,20,23,30,32H,5-8,13-14H2,1-2H3,(H,31,34)/t25-,27-;26-,27-;20-,23-/m000/s1. The van der Waals surface area contributed by atoms with Gasteiger partial charge in [-0.25, -0.2) is 0 Å². The Bertz CT molecular complexity index is 4400. The summed E-state index contributed by atoms with van der Waals surface area (Å²) < 4.78 is 39.2. The van der Waals surface area contributed by atoms with Crippen LogP contribution < -0.4 is 48.3 Å². The maximum absolute atomic E-state index is 13.6. The number of rotatable bonds is 27. The number of nitrogens with one attached hydrogen (secondary N) is 8. The van der Waals surface area contributed by atoms with Crippen LogP contribution in [0.15, 0.2) is 176 Å². The first-order chi connectivity index (χ1) is 53.5. The Morgan fingerprint density at radius 2 is 0.866 bits per heavy atom. The zero-order chi connectivity index (χ0) is 80.6. The molecule has 0 bridgehead atoms. The molecule has 0 unspecified atom stereocenters. The van der Waals surface area contributed by atoms with Crippen molar-refractivity contribution in [3.05, 3.63) is 256 Å². The fourth-order valence-electron chi connectivity index (χ4n) is 13.7. The lowest BCUT2D eigenvalue weighted by atomic mass is 9.90. The van der Waals surface area contributed by atoms with E-state index in [9.17, 15) is 41.9 Å². The highest BCUT2D eigenvalue weighted by Gasteiger charge is 2.36. The fourth-order valence-corrected chi connectivity index (χ4v) is 15.3. The van der Waals surface area contributed by atoms with E-state index in [0.717, 1.165) is 45.2 Å². The number of carbonyl (C=O) groups excluding carboxylic acids is 6. The van der Waals surface area contributed by atoms with Crippen molar-refractivity contribution in [2.45, 2.75) is 140 Å². The van der Waals surface area contributed by atoms with Gasteiger partial charge in [-0.2, -0.15) is 13.2 Å². The number of alkyl halides is 3. The molecule has 0 saturated carbocycles. The number of halogens is 10. The van der Waals surface area contributed by atoms with Crippen LogP contribution in [0.2, 0.25) is 35.2 Å². The monoisotopic (exact) mass is 1670 g/mol. The third kappa shape index (κ3) is 27.3. The molecule has 3 aliphatic rings. The molecular weight excluding hydrogens is 1580 g/mol. The minimum Gasteiger partial charge on any atom is -0.350 e. The second kappa shape index (κ2) is 43.2. The second-order valence-electron chi connectivity index (χ2n) is 28.8. The molecule has 0 spiro atoms. The number of hydrogen-bond donors (Lipinski definition) is 9. The van der Waals surface area contributed by atoms with Crippen molar-refractivity contribution >= 4 is 127 Å². The first-order valence-corrected chi connectivity index (χ1v) is 40.2. The van der Waals surface area contributed by atoms with Crippen molar-refractivity contribution in [3.8, 4) is 0 Å². The molecule has 6 amide bonds. The van der Waals surface area contributed by atoms with Gasteiger partial charge in [-0.15, -0.1) is 0 Å². The van der Waals surface area contributed by atoms with Gasteiger partial charge in [0.1, 0.15) is 0 Å². The predicted molar refractivity (Wildman–Crippen MR) is 444 cm³/mol. The highest BCUT2D eigenvalue weighted by atomic mass is 35.5. The van der Waals surface area contributed by atoms with E-state index in [4.69, 9.17) is 86.9 Å². The smallest absolute Gasteiger partial charge is 0.350 e. The Morgan fingerprint density at radius 3 is 1.31 bits per heavy atom. The Hall–Kier alpha value is -7.58. The van der Waals surface area contributed by atoms with Crippen molar-refractivity contribution in [1.29, 1.82) is 0 Å². The van der Waals surface area contributed by atoms with Crippen LogP contribution in [-0.2, 0) is 33.6 Å². The number of nitrogens with zero attached hydrogens (tertiary/aromatic N) is 3. The number of nitrogens with two attached hydrogens (primary N) is 1. The average molecular weight is 1670 g/mol. The number of amides is 6. The van der Waals surface area contributed by atoms with Crippen molar-refractivity contribution in [2.24, 2.45) is 5.73 Å². The minimum absolute atomic E-state index is 0.0185. The normalized spacial score (nSPS) is 18.3. The van der Waals surface area contributed by atoms with Crippen LogP contribution in [0.3, 0.4) is 0 Å². The molecule has 18 nitrogen and oxygen atoms in total. The number of fused-ring (bicyclic) bond motifs is 1. The number of carbonyl (C=O) groups is 6. The number of benzene rings is 8. The summed E-state index contributed by atoms with van der Waals surface area (Å²) in [4.78, 5) is 84.3. The molecule has 598 valence electrons. The van der Waals surface area contributed by atoms with Crippen molar-refractivity contribution in [3.63, 3.8) is 0 Å². The van der Waals surface area contributed by atoms with Crippen molar-refractivity contribution < 1.29 is 41.9 Å². The zero-order valence-corrected chi connectivity index (χ0v) is 68.1. The van der Waals surface area contributed by atoms with E-state index < -0.39 is 23.7 Å². The first kappa shape index (κ1) is 88.4. The van der Waals surface area contributed by atoms with Gasteiger partial charge in [-0.3, -0.25) is 28.8 Å². The molecule has 112 heavy (non-hydrogen) atoms. The minimum atomic E-state index is -4.53. The van der Waals surface area contributed by atoms with E-state index in [-0.39, 0.29) is 77.8 Å². The molecule has 0 radical (unpaired) electrons. The van der Waals surface area contributed by atoms with Gasteiger partial charge in [0, 0.05) is 137 Å². The van der Waals surface area contributed by atoms with Gasteiger partial charge >= 0.3 is 6.18 Å². The van der Waals surface area contributed by atoms with Crippen LogP contribution in [-0.4, -0.2) is 164 Å². The third-order valence-corrected chi connectivity index (χ3v) is 21.3. The molecule has 8 aromatic rings. The van der Waals surface area contributed by atoms with Gasteiger partial charge < -0.3 is 63.0 Å². The Kier molecular flexibility index (Phi) is 34.1. The van der Waals surface area contributed by atoms with E-state index in [2.05, 4.69) is 94.5 Å². The molecule has 0 aliphatic carbocycles. The lowest BCUT2D eigenvalue weighted by molar-refractivity contribution is -0.137. The quantitative estimate of drug-likeness (QED) is 0.0234. The Morgan fingerprint density at radius 1 is 0.455 bits per heavy atom. The largest absolute Gasteiger partial charge is 0.416 e. The van der Waals surface area contributed by atoms with Crippen LogP contribution in [0.25, 0.3) is 10.8 Å². The first-order valence-electron chi connectivity index (χ1n) is 37.5. The molecular formula is C84H96Cl7F3N12O6. The van der Waals surface area contributed by atoms with E-state index in [1.165, 1.54) is 12.1 Å². The molecule has 8 aromatic carbocycles. The van der Waals surface area contributed by atoms with Crippen molar-refractivity contribution in [2.75, 3.05) is 65.4 Å². The zero-order valence-electron chi connectivity index (χ0n) is 62.8. The summed E-state index contributed by atoms with van der Waals surface area (Å²) in [5, 5.41) is 31.3. The molecule has 28 heteroatoms. The van der Waals surface area contributed by atoms with E-state index in [1.54, 1.807) is 36.4 Å². The topological polar surface area (TPSA) is 234 Å². The molecule has 3 aliphatic heterocycles. The summed E-state index contributed by atoms with van der Waals surface area (Å²) in [6, 6.07) is 50.0. The Balaban J connectivity index is 0.000000193. The molecule has 6 atom stereocenters. The number of hydrogen-bond acceptors (Lipinski definition) is 12. The van der Waals surface area contributed by atoms with Gasteiger partial charge in [0.25, 0.3) is 17.7 Å². The summed E-state index contributed by atoms with van der Waals surface area (Å²) in [5.41, 5.74) is 9.87. The molecule has 0 aromatic heterocycles. The summed E-state index contributed by atoms with van der Waals surface area (Å²) in [6.45, 7) is 13.8. The van der Waals surface area contributed by atoms with Gasteiger partial charge in [-0.05, 0) is 188 Å². The van der Waals surface area contributed by atoms with Gasteiger partial charge in [0.15, 0.2) is 0 Å². The van der Waals surface area contributed by atoms with Gasteiger partial charge in [-0.1, -0.05) is 188 Å². The van der Waals surface area contributed by atoms with E-state index in [1.807, 2.05) is 106 Å². The Labute approximate surface area is 688 Å². The summed E-state index contributed by atoms with van der Waals surface area (Å²) >= 11 is 42.8. The SMILES string of the molecule is CC(C)NCC[C@@H]1N[C@H](CNC(=O)c2ccc(Cl)c(Cl)c2)CCN(Cc2cc(Cl)cc(Cl)c2)C1=O.CC(C)NCC[C@@H]1N[C@H](CNC(=O)c2ccc3cc(Cl)ccc3c2)CCN(Cc2cc(Cl)cc(Cl)c2)C1=O.NCC[C@@H]1N[C@H](CNC(=O)c2cccc(C(F)(F)F)c2)CCN(CC(c2ccccc2)c2ccccc2)C1=O. The highest BCUT2D eigenvalue weighted by molar-refractivity contribution is 6.42. The lowest BCUT2D eigenvalue weighted by Crippen LogP contribution is -2.49. The molecule has 3 saturated heterocycles. The lowest BCUT2D eigenvalue weighted by Gasteiger charge is -2.29. The fraction of sp³-hybridized carbons (Fsp3) is 0.381. The van der Waals surface area contributed by atoms with Crippen LogP contribution in [0.4, 0.5) is 13.2 Å². The highest BCUT2D eigenvalue weighted by Crippen LogP contribution is 2.32. The van der Waals surface area contributed by atoms with E-state index >= 15 is 0 Å². The molecule has 3 fully saturated rings. The molecule has 3 heterocycles. The predicted octanol–water partition coefficient (Wildman–Crippen LogP) is 15.0. The summed E-state index contributed by atoms with van der Waals surface area (Å²) in [6.07, 6.45) is -0.903. The summed E-state index contributed by atoms with van der Waals surface area (Å²) in [7, 11) is 0. The van der Waals surface area contributed by atoms with Gasteiger partial charge in [0.2, 0.25) is 17.7 Å². The van der Waals surface area contributed by atoms with Crippen LogP contribution in [0.5, 0.6) is 0 Å². The maximum Gasteiger partial charge on any atom is 0.416 e. The summed E-state index contributed by atoms with van der Waals surface area (Å²) in [5.74, 6) is -1.01. The van der Waals surface area contributed by atoms with Crippen LogP contribution in [0, 0.1) is 0 Å². The van der Waals surface area contributed by atoms with Crippen molar-refractivity contribution in [1.82, 2.24) is 57.2 Å². The van der Waals surface area contributed by atoms with E-state index in [0.29, 0.717) is 169 Å². The second-order valence-corrected chi connectivity index (χ2v) is 31.8. The molecule has 11 rings (SSSR count).